The number of anilines is 1. The molecule has 2 aromatic heterocycles. The monoisotopic (exact) mass is 522 g/mol. The second-order valence-corrected chi connectivity index (χ2v) is 11.4. The van der Waals surface area contributed by atoms with Crippen molar-refractivity contribution in [3.05, 3.63) is 78.1 Å². The smallest absolute Gasteiger partial charge is 0.260 e. The normalized spacial score (nSPS) is 14.2. The summed E-state index contributed by atoms with van der Waals surface area (Å²) in [6.45, 7) is 3.76. The Labute approximate surface area is 214 Å². The lowest BCUT2D eigenvalue weighted by molar-refractivity contribution is 0.0985. The van der Waals surface area contributed by atoms with Crippen LogP contribution in [0.1, 0.15) is 35.7 Å². The molecule has 186 valence electrons. The molecule has 0 N–H and O–H groups in total. The molecule has 8 nitrogen and oxygen atoms in total. The maximum absolute atomic E-state index is 13.7. The maximum Gasteiger partial charge on any atom is 0.260 e. The van der Waals surface area contributed by atoms with Gasteiger partial charge in [0.2, 0.25) is 10.0 Å². The van der Waals surface area contributed by atoms with Crippen LogP contribution in [0, 0.1) is 0 Å². The quantitative estimate of drug-likeness (QED) is 0.332. The fourth-order valence-corrected chi connectivity index (χ4v) is 6.70. The molecule has 36 heavy (non-hydrogen) atoms. The average molecular weight is 523 g/mol. The molecule has 0 spiro atoms. The minimum Gasteiger partial charge on any atom is -0.492 e. The number of benzene rings is 2. The molecule has 0 unspecified atom stereocenters. The number of sulfonamides is 1. The zero-order valence-electron chi connectivity index (χ0n) is 19.8. The molecule has 1 amide bonds. The van der Waals surface area contributed by atoms with Crippen LogP contribution in [0.15, 0.2) is 71.9 Å². The number of ether oxygens (including phenoxy) is 1. The van der Waals surface area contributed by atoms with E-state index in [4.69, 9.17) is 9.72 Å². The van der Waals surface area contributed by atoms with Crippen molar-refractivity contribution in [1.29, 1.82) is 0 Å². The fourth-order valence-electron chi connectivity index (χ4n) is 4.20. The zero-order chi connectivity index (χ0) is 25.1. The van der Waals surface area contributed by atoms with Gasteiger partial charge >= 0.3 is 0 Å². The number of para-hydroxylation sites is 1. The summed E-state index contributed by atoms with van der Waals surface area (Å²) < 4.78 is 33.9. The highest BCUT2D eigenvalue weighted by atomic mass is 32.2. The number of hydrogen-bond donors (Lipinski definition) is 0. The summed E-state index contributed by atoms with van der Waals surface area (Å²) in [5.74, 6) is 0.392. The molecule has 0 bridgehead atoms. The Morgan fingerprint density at radius 1 is 1.08 bits per heavy atom. The highest BCUT2D eigenvalue weighted by Gasteiger charge is 2.28. The number of aromatic nitrogens is 2. The first-order valence-corrected chi connectivity index (χ1v) is 14.1. The van der Waals surface area contributed by atoms with Crippen molar-refractivity contribution in [3.8, 4) is 5.75 Å². The van der Waals surface area contributed by atoms with E-state index >= 15 is 0 Å². The number of amides is 1. The Balaban J connectivity index is 1.49. The molecule has 0 atom stereocenters. The van der Waals surface area contributed by atoms with Crippen LogP contribution in [0.4, 0.5) is 5.13 Å². The molecule has 1 aliphatic rings. The number of carbonyl (C=O) groups excluding carboxylic acids is 1. The minimum absolute atomic E-state index is 0.195. The first-order valence-electron chi connectivity index (χ1n) is 11.8. The molecule has 0 radical (unpaired) electrons. The van der Waals surface area contributed by atoms with E-state index < -0.39 is 10.0 Å². The third kappa shape index (κ3) is 4.84. The Kier molecular flexibility index (Phi) is 6.99. The van der Waals surface area contributed by atoms with Gasteiger partial charge in [-0.1, -0.05) is 23.5 Å². The lowest BCUT2D eigenvalue weighted by Gasteiger charge is -2.20. The van der Waals surface area contributed by atoms with Gasteiger partial charge in [0.25, 0.3) is 5.91 Å². The summed E-state index contributed by atoms with van der Waals surface area (Å²) in [4.78, 5) is 24.5. The summed E-state index contributed by atoms with van der Waals surface area (Å²) >= 11 is 1.40. The highest BCUT2D eigenvalue weighted by Crippen LogP contribution is 2.35. The van der Waals surface area contributed by atoms with E-state index in [0.717, 1.165) is 23.1 Å². The Morgan fingerprint density at radius 3 is 2.56 bits per heavy atom. The number of carbonyl (C=O) groups is 1. The molecule has 1 saturated heterocycles. The van der Waals surface area contributed by atoms with E-state index in [9.17, 15) is 13.2 Å². The van der Waals surface area contributed by atoms with Crippen molar-refractivity contribution < 1.29 is 17.9 Å². The van der Waals surface area contributed by atoms with Gasteiger partial charge in [-0.25, -0.2) is 13.4 Å². The van der Waals surface area contributed by atoms with Crippen LogP contribution in [0.25, 0.3) is 10.2 Å². The molecule has 3 heterocycles. The molecule has 5 rings (SSSR count). The largest absolute Gasteiger partial charge is 0.492 e. The molecule has 0 saturated carbocycles. The zero-order valence-corrected chi connectivity index (χ0v) is 21.5. The molecule has 2 aromatic carbocycles. The van der Waals surface area contributed by atoms with Gasteiger partial charge in [-0.05, 0) is 67.8 Å². The van der Waals surface area contributed by atoms with E-state index in [0.29, 0.717) is 41.7 Å². The van der Waals surface area contributed by atoms with Gasteiger partial charge in [0, 0.05) is 31.0 Å². The second-order valence-electron chi connectivity index (χ2n) is 8.42. The third-order valence-corrected chi connectivity index (χ3v) is 8.97. The van der Waals surface area contributed by atoms with Crippen LogP contribution in [0.2, 0.25) is 0 Å². The van der Waals surface area contributed by atoms with Crippen molar-refractivity contribution in [1.82, 2.24) is 14.3 Å². The lowest BCUT2D eigenvalue weighted by Crippen LogP contribution is -2.31. The minimum atomic E-state index is -3.55. The number of thiazole rings is 1. The summed E-state index contributed by atoms with van der Waals surface area (Å²) in [7, 11) is -3.55. The number of rotatable bonds is 8. The van der Waals surface area contributed by atoms with Gasteiger partial charge in [-0.2, -0.15) is 4.31 Å². The third-order valence-electron chi connectivity index (χ3n) is 6.01. The van der Waals surface area contributed by atoms with Crippen molar-refractivity contribution in [2.24, 2.45) is 0 Å². The van der Waals surface area contributed by atoms with Crippen LogP contribution in [0.5, 0.6) is 5.75 Å². The van der Waals surface area contributed by atoms with Gasteiger partial charge in [0.1, 0.15) is 11.3 Å². The second kappa shape index (κ2) is 10.3. The predicted molar refractivity (Wildman–Crippen MR) is 140 cm³/mol. The van der Waals surface area contributed by atoms with Crippen molar-refractivity contribution in [3.63, 3.8) is 0 Å². The first-order chi connectivity index (χ1) is 17.5. The number of hydrogen-bond acceptors (Lipinski definition) is 7. The van der Waals surface area contributed by atoms with Crippen LogP contribution >= 0.6 is 11.3 Å². The molecular formula is C26H26N4O4S2. The molecular weight excluding hydrogens is 496 g/mol. The molecule has 1 aliphatic heterocycles. The lowest BCUT2D eigenvalue weighted by atomic mass is 10.2. The van der Waals surface area contributed by atoms with E-state index in [1.165, 1.54) is 27.8 Å². The van der Waals surface area contributed by atoms with E-state index in [2.05, 4.69) is 4.98 Å². The van der Waals surface area contributed by atoms with Crippen molar-refractivity contribution in [2.45, 2.75) is 31.2 Å². The van der Waals surface area contributed by atoms with Crippen LogP contribution < -0.4 is 9.64 Å². The summed E-state index contributed by atoms with van der Waals surface area (Å²) in [6.07, 6.45) is 5.13. The first kappa shape index (κ1) is 24.4. The maximum atomic E-state index is 13.7. The van der Waals surface area contributed by atoms with Gasteiger partial charge in [-0.3, -0.25) is 14.7 Å². The van der Waals surface area contributed by atoms with E-state index in [1.807, 2.05) is 37.3 Å². The Hall–Kier alpha value is -3.34. The van der Waals surface area contributed by atoms with E-state index in [1.54, 1.807) is 29.4 Å². The van der Waals surface area contributed by atoms with Crippen LogP contribution in [-0.4, -0.2) is 48.3 Å². The van der Waals surface area contributed by atoms with Gasteiger partial charge in [0.15, 0.2) is 5.13 Å². The van der Waals surface area contributed by atoms with Gasteiger partial charge < -0.3 is 4.74 Å². The van der Waals surface area contributed by atoms with Crippen LogP contribution in [-0.2, 0) is 16.6 Å². The van der Waals surface area contributed by atoms with Gasteiger partial charge in [-0.15, -0.1) is 0 Å². The number of fused-ring (bicyclic) bond motifs is 1. The van der Waals surface area contributed by atoms with Gasteiger partial charge in [0.05, 0.1) is 22.7 Å². The Morgan fingerprint density at radius 2 is 1.86 bits per heavy atom. The predicted octanol–water partition coefficient (Wildman–Crippen LogP) is 4.72. The summed E-state index contributed by atoms with van der Waals surface area (Å²) in [6, 6.07) is 15.6. The standard InChI is InChI=1S/C26H26N4O4S2/c1-2-34-22-8-5-9-23-24(22)28-26(35-23)30(18-19-7-6-14-27-17-19)25(31)20-10-12-21(13-11-20)36(32,33)29-15-3-4-16-29/h5-14,17H,2-4,15-16,18H2,1H3. The van der Waals surface area contributed by atoms with E-state index in [-0.39, 0.29) is 17.3 Å². The highest BCUT2D eigenvalue weighted by molar-refractivity contribution is 7.89. The SMILES string of the molecule is CCOc1cccc2sc(N(Cc3cccnc3)C(=O)c3ccc(S(=O)(=O)N4CCCC4)cc3)nc12. The van der Waals surface area contributed by atoms with Crippen LogP contribution in [0.3, 0.4) is 0 Å². The molecule has 0 aliphatic carbocycles. The van der Waals surface area contributed by atoms with Crippen molar-refractivity contribution >= 4 is 42.6 Å². The Bertz CT molecular complexity index is 1470. The molecule has 4 aromatic rings. The topological polar surface area (TPSA) is 92.7 Å². The fraction of sp³-hybridized carbons (Fsp3) is 0.269. The summed E-state index contributed by atoms with van der Waals surface area (Å²) in [5.41, 5.74) is 1.93. The molecule has 1 fully saturated rings. The average Bonchev–Trinajstić information content (AvgIpc) is 3.59. The van der Waals surface area contributed by atoms with Crippen molar-refractivity contribution in [2.75, 3.05) is 24.6 Å². The molecule has 10 heteroatoms. The number of nitrogens with zero attached hydrogens (tertiary/aromatic N) is 4. The number of pyridine rings is 1. The summed E-state index contributed by atoms with van der Waals surface area (Å²) in [5, 5.41) is 0.528.